The smallest absolute Gasteiger partial charge is 0.232 e. The van der Waals surface area contributed by atoms with Crippen molar-refractivity contribution in [1.82, 2.24) is 20.3 Å². The first-order valence-electron chi connectivity index (χ1n) is 6.94. The van der Waals surface area contributed by atoms with Crippen molar-refractivity contribution in [3.63, 3.8) is 0 Å². The normalized spacial score (nSPS) is 14.7. The Bertz CT molecular complexity index is 477. The van der Waals surface area contributed by atoms with Crippen molar-refractivity contribution in [2.45, 2.75) is 6.92 Å². The summed E-state index contributed by atoms with van der Waals surface area (Å²) in [5.41, 5.74) is 0. The Morgan fingerprint density at radius 3 is 2.57 bits per heavy atom. The first-order valence-corrected chi connectivity index (χ1v) is 6.94. The third-order valence-corrected chi connectivity index (χ3v) is 2.92. The highest BCUT2D eigenvalue weighted by atomic mass is 16.5. The monoisotopic (exact) mass is 295 g/mol. The molecule has 2 heterocycles. The molecule has 1 aromatic heterocycles. The maximum atomic E-state index is 10.8. The number of ether oxygens (including phenoxy) is 1. The van der Waals surface area contributed by atoms with Crippen LogP contribution in [0, 0.1) is 0 Å². The van der Waals surface area contributed by atoms with Gasteiger partial charge >= 0.3 is 0 Å². The summed E-state index contributed by atoms with van der Waals surface area (Å²) in [5, 5.41) is 8.71. The molecule has 1 amide bonds. The molecule has 1 aliphatic rings. The second-order valence-corrected chi connectivity index (χ2v) is 4.54. The molecule has 9 heteroatoms. The van der Waals surface area contributed by atoms with E-state index in [2.05, 4.69) is 35.8 Å². The molecule has 1 aliphatic heterocycles. The van der Waals surface area contributed by atoms with E-state index in [1.54, 1.807) is 7.05 Å². The fraction of sp³-hybridized carbons (Fsp3) is 0.667. The highest BCUT2D eigenvalue weighted by molar-refractivity contribution is 5.72. The maximum Gasteiger partial charge on any atom is 0.232 e. The Morgan fingerprint density at radius 1 is 1.19 bits per heavy atom. The van der Waals surface area contributed by atoms with Crippen molar-refractivity contribution in [3.05, 3.63) is 0 Å². The highest BCUT2D eigenvalue weighted by Gasteiger charge is 2.16. The van der Waals surface area contributed by atoms with E-state index in [0.717, 1.165) is 13.1 Å². The molecule has 0 bridgehead atoms. The first-order chi connectivity index (χ1) is 10.2. The van der Waals surface area contributed by atoms with Crippen LogP contribution in [0.5, 0.6) is 0 Å². The Hall–Kier alpha value is -2.16. The number of nitrogens with one attached hydrogen (secondary N) is 3. The lowest BCUT2D eigenvalue weighted by Gasteiger charge is -2.27. The number of carbonyl (C=O) groups is 1. The molecule has 3 N–H and O–H groups in total. The van der Waals surface area contributed by atoms with Crippen molar-refractivity contribution < 1.29 is 9.53 Å². The van der Waals surface area contributed by atoms with Gasteiger partial charge in [0.2, 0.25) is 23.8 Å². The molecule has 0 aliphatic carbocycles. The Morgan fingerprint density at radius 2 is 1.90 bits per heavy atom. The van der Waals surface area contributed by atoms with Crippen LogP contribution in [0.15, 0.2) is 0 Å². The largest absolute Gasteiger partial charge is 0.378 e. The number of carbonyl (C=O) groups excluding carboxylic acids is 1. The molecule has 0 aromatic carbocycles. The summed E-state index contributed by atoms with van der Waals surface area (Å²) in [6.07, 6.45) is 0. The molecule has 21 heavy (non-hydrogen) atoms. The minimum absolute atomic E-state index is 0.0580. The van der Waals surface area contributed by atoms with Gasteiger partial charge in [0.05, 0.1) is 13.2 Å². The number of nitrogens with zero attached hydrogens (tertiary/aromatic N) is 4. The van der Waals surface area contributed by atoms with Crippen LogP contribution in [0.1, 0.15) is 6.92 Å². The van der Waals surface area contributed by atoms with Crippen LogP contribution in [-0.2, 0) is 9.53 Å². The van der Waals surface area contributed by atoms with Gasteiger partial charge in [-0.05, 0) is 0 Å². The van der Waals surface area contributed by atoms with Crippen molar-refractivity contribution >= 4 is 23.8 Å². The van der Waals surface area contributed by atoms with Gasteiger partial charge < -0.3 is 25.6 Å². The zero-order valence-corrected chi connectivity index (χ0v) is 12.3. The highest BCUT2D eigenvalue weighted by Crippen LogP contribution is 2.14. The quantitative estimate of drug-likeness (QED) is 0.592. The first kappa shape index (κ1) is 15.2. The van der Waals surface area contributed by atoms with E-state index in [1.807, 2.05) is 0 Å². The van der Waals surface area contributed by atoms with E-state index in [1.165, 1.54) is 6.92 Å². The third kappa shape index (κ3) is 4.71. The van der Waals surface area contributed by atoms with Crippen LogP contribution in [-0.4, -0.2) is 67.3 Å². The number of morpholine rings is 1. The molecule has 0 unspecified atom stereocenters. The molecule has 1 saturated heterocycles. The van der Waals surface area contributed by atoms with Crippen LogP contribution in [0.3, 0.4) is 0 Å². The SMILES string of the molecule is CNc1nc(NCCNC(C)=O)nc(N2CCOCC2)n1. The van der Waals surface area contributed by atoms with Gasteiger partial charge in [-0.15, -0.1) is 0 Å². The van der Waals surface area contributed by atoms with Gasteiger partial charge in [-0.2, -0.15) is 15.0 Å². The van der Waals surface area contributed by atoms with Crippen molar-refractivity contribution in [3.8, 4) is 0 Å². The topological polar surface area (TPSA) is 104 Å². The van der Waals surface area contributed by atoms with Gasteiger partial charge in [-0.1, -0.05) is 0 Å². The third-order valence-electron chi connectivity index (χ3n) is 2.92. The van der Waals surface area contributed by atoms with Crippen LogP contribution in [0.25, 0.3) is 0 Å². The molecule has 2 rings (SSSR count). The van der Waals surface area contributed by atoms with E-state index in [0.29, 0.717) is 44.1 Å². The molecule has 0 spiro atoms. The van der Waals surface area contributed by atoms with Crippen LogP contribution < -0.4 is 20.9 Å². The second-order valence-electron chi connectivity index (χ2n) is 4.54. The average Bonchev–Trinajstić information content (AvgIpc) is 2.52. The van der Waals surface area contributed by atoms with E-state index >= 15 is 0 Å². The number of anilines is 3. The summed E-state index contributed by atoms with van der Waals surface area (Å²) in [7, 11) is 1.76. The van der Waals surface area contributed by atoms with Crippen molar-refractivity contribution in [2.24, 2.45) is 0 Å². The predicted molar refractivity (Wildman–Crippen MR) is 79.6 cm³/mol. The van der Waals surface area contributed by atoms with E-state index in [-0.39, 0.29) is 5.91 Å². The van der Waals surface area contributed by atoms with Crippen molar-refractivity contribution in [2.75, 3.05) is 62.0 Å². The Labute approximate surface area is 123 Å². The molecule has 1 fully saturated rings. The van der Waals surface area contributed by atoms with E-state index in [9.17, 15) is 4.79 Å². The molecule has 0 radical (unpaired) electrons. The number of aromatic nitrogens is 3. The molecule has 0 atom stereocenters. The minimum Gasteiger partial charge on any atom is -0.378 e. The summed E-state index contributed by atoms with van der Waals surface area (Å²) >= 11 is 0. The number of hydrogen-bond acceptors (Lipinski definition) is 8. The van der Waals surface area contributed by atoms with Gasteiger partial charge in [0, 0.05) is 40.2 Å². The van der Waals surface area contributed by atoms with Gasteiger partial charge in [-0.3, -0.25) is 4.79 Å². The number of amides is 1. The maximum absolute atomic E-state index is 10.8. The standard InChI is InChI=1S/C12H21N7O2/c1-9(20)14-3-4-15-11-16-10(13-2)17-12(18-11)19-5-7-21-8-6-19/h3-8H2,1-2H3,(H,14,20)(H2,13,15,16,17,18). The predicted octanol–water partition coefficient (Wildman–Crippen LogP) is -0.702. The summed E-state index contributed by atoms with van der Waals surface area (Å²) in [5.74, 6) is 1.56. The lowest BCUT2D eigenvalue weighted by molar-refractivity contribution is -0.118. The summed E-state index contributed by atoms with van der Waals surface area (Å²) < 4.78 is 5.33. The number of hydrogen-bond donors (Lipinski definition) is 3. The molecule has 1 aromatic rings. The van der Waals surface area contributed by atoms with E-state index in [4.69, 9.17) is 4.74 Å². The number of rotatable bonds is 6. The Balaban J connectivity index is 2.00. The lowest BCUT2D eigenvalue weighted by Crippen LogP contribution is -2.37. The van der Waals surface area contributed by atoms with E-state index < -0.39 is 0 Å². The molecule has 116 valence electrons. The molecular formula is C12H21N7O2. The van der Waals surface area contributed by atoms with Gasteiger partial charge in [0.25, 0.3) is 0 Å². The van der Waals surface area contributed by atoms with Crippen LogP contribution >= 0.6 is 0 Å². The Kier molecular flexibility index (Phi) is 5.50. The lowest BCUT2D eigenvalue weighted by atomic mass is 10.4. The molecular weight excluding hydrogens is 274 g/mol. The summed E-state index contributed by atoms with van der Waals surface area (Å²) in [6, 6.07) is 0. The van der Waals surface area contributed by atoms with Gasteiger partial charge in [-0.25, -0.2) is 0 Å². The zero-order chi connectivity index (χ0) is 15.1. The fourth-order valence-electron chi connectivity index (χ4n) is 1.87. The average molecular weight is 295 g/mol. The van der Waals surface area contributed by atoms with Crippen LogP contribution in [0.4, 0.5) is 17.8 Å². The van der Waals surface area contributed by atoms with Crippen molar-refractivity contribution in [1.29, 1.82) is 0 Å². The molecule has 9 nitrogen and oxygen atoms in total. The van der Waals surface area contributed by atoms with Crippen LogP contribution in [0.2, 0.25) is 0 Å². The minimum atomic E-state index is -0.0580. The fourth-order valence-corrected chi connectivity index (χ4v) is 1.87. The summed E-state index contributed by atoms with van der Waals surface area (Å²) in [4.78, 5) is 25.9. The molecule has 0 saturated carbocycles. The van der Waals surface area contributed by atoms with Gasteiger partial charge in [0.1, 0.15) is 0 Å². The second kappa shape index (κ2) is 7.58. The summed E-state index contributed by atoms with van der Waals surface area (Å²) in [6.45, 7) is 5.42. The van der Waals surface area contributed by atoms with Gasteiger partial charge in [0.15, 0.2) is 0 Å². The zero-order valence-electron chi connectivity index (χ0n) is 12.3.